The summed E-state index contributed by atoms with van der Waals surface area (Å²) in [6.07, 6.45) is 0. The van der Waals surface area contributed by atoms with Crippen LogP contribution in [0.5, 0.6) is 5.75 Å². The number of ether oxygens (including phenoxy) is 2. The number of benzene rings is 2. The summed E-state index contributed by atoms with van der Waals surface area (Å²) >= 11 is 2.53. The highest BCUT2D eigenvalue weighted by Gasteiger charge is 2.19. The van der Waals surface area contributed by atoms with Gasteiger partial charge in [-0.1, -0.05) is 42.1 Å². The molecule has 0 saturated heterocycles. The molecule has 8 nitrogen and oxygen atoms in total. The molecular weight excluding hydrogens is 472 g/mol. The molecule has 0 fully saturated rings. The number of para-hydroxylation sites is 1. The van der Waals surface area contributed by atoms with E-state index in [0.29, 0.717) is 27.3 Å². The normalized spacial score (nSPS) is 10.6. The molecule has 4 rings (SSSR count). The Kier molecular flexibility index (Phi) is 7.61. The summed E-state index contributed by atoms with van der Waals surface area (Å²) in [5, 5.41) is 14.3. The largest absolute Gasteiger partial charge is 0.497 e. The zero-order chi connectivity index (χ0) is 23.9. The van der Waals surface area contributed by atoms with E-state index >= 15 is 0 Å². The topological polar surface area (TPSA) is 95.3 Å². The number of esters is 1. The third kappa shape index (κ3) is 5.29. The van der Waals surface area contributed by atoms with Gasteiger partial charge in [0.1, 0.15) is 10.8 Å². The fourth-order valence-electron chi connectivity index (χ4n) is 3.19. The Bertz CT molecular complexity index is 1290. The van der Waals surface area contributed by atoms with Crippen LogP contribution in [-0.2, 0) is 9.53 Å². The number of rotatable bonds is 9. The highest BCUT2D eigenvalue weighted by atomic mass is 32.2. The molecule has 0 aliphatic carbocycles. The highest BCUT2D eigenvalue weighted by molar-refractivity contribution is 7.99. The fourth-order valence-corrected chi connectivity index (χ4v) is 4.73. The second-order valence-corrected chi connectivity index (χ2v) is 8.79. The molecule has 174 valence electrons. The lowest BCUT2D eigenvalue weighted by Crippen LogP contribution is -2.16. The maximum absolute atomic E-state index is 12.7. The molecule has 0 aliphatic heterocycles. The van der Waals surface area contributed by atoms with Crippen molar-refractivity contribution in [2.45, 2.75) is 12.1 Å². The third-order valence-electron chi connectivity index (χ3n) is 4.72. The van der Waals surface area contributed by atoms with Crippen LogP contribution in [0.4, 0.5) is 5.00 Å². The Morgan fingerprint density at radius 3 is 2.68 bits per heavy atom. The van der Waals surface area contributed by atoms with E-state index in [4.69, 9.17) is 9.47 Å². The van der Waals surface area contributed by atoms with Crippen molar-refractivity contribution in [2.24, 2.45) is 0 Å². The van der Waals surface area contributed by atoms with Gasteiger partial charge in [-0.15, -0.1) is 21.5 Å². The number of methoxy groups -OCH3 is 1. The number of thiophene rings is 1. The van der Waals surface area contributed by atoms with Crippen molar-refractivity contribution in [2.75, 3.05) is 24.8 Å². The first-order valence-electron chi connectivity index (χ1n) is 10.4. The monoisotopic (exact) mass is 494 g/mol. The molecule has 1 N–H and O–H groups in total. The summed E-state index contributed by atoms with van der Waals surface area (Å²) in [6.45, 7) is 2.00. The lowest BCUT2D eigenvalue weighted by molar-refractivity contribution is -0.113. The minimum absolute atomic E-state index is 0.0866. The van der Waals surface area contributed by atoms with Gasteiger partial charge in [-0.05, 0) is 42.6 Å². The molecule has 0 radical (unpaired) electrons. The quantitative estimate of drug-likeness (QED) is 0.261. The van der Waals surface area contributed by atoms with Crippen molar-refractivity contribution in [3.8, 4) is 22.8 Å². The van der Waals surface area contributed by atoms with Gasteiger partial charge in [0, 0.05) is 11.3 Å². The Balaban J connectivity index is 1.56. The van der Waals surface area contributed by atoms with E-state index in [1.807, 2.05) is 59.2 Å². The number of nitrogens with zero attached hydrogens (tertiary/aromatic N) is 3. The molecule has 34 heavy (non-hydrogen) atoms. The van der Waals surface area contributed by atoms with E-state index in [9.17, 15) is 9.59 Å². The highest BCUT2D eigenvalue weighted by Crippen LogP contribution is 2.30. The minimum Gasteiger partial charge on any atom is -0.497 e. The predicted molar refractivity (Wildman–Crippen MR) is 133 cm³/mol. The number of anilines is 1. The van der Waals surface area contributed by atoms with Crippen molar-refractivity contribution >= 4 is 40.0 Å². The summed E-state index contributed by atoms with van der Waals surface area (Å²) < 4.78 is 12.3. The molecule has 4 aromatic rings. The molecular formula is C24H22N4O4S2. The first kappa shape index (κ1) is 23.5. The molecule has 2 heterocycles. The number of hydrogen-bond acceptors (Lipinski definition) is 8. The molecule has 2 aromatic heterocycles. The van der Waals surface area contributed by atoms with E-state index in [2.05, 4.69) is 15.5 Å². The lowest BCUT2D eigenvalue weighted by Gasteiger charge is -2.11. The van der Waals surface area contributed by atoms with Gasteiger partial charge in [0.15, 0.2) is 11.0 Å². The van der Waals surface area contributed by atoms with Gasteiger partial charge in [-0.25, -0.2) is 4.79 Å². The number of thioether (sulfide) groups is 1. The summed E-state index contributed by atoms with van der Waals surface area (Å²) in [6, 6.07) is 18.9. The van der Waals surface area contributed by atoms with Crippen molar-refractivity contribution in [3.05, 3.63) is 71.6 Å². The molecule has 0 aliphatic rings. The molecule has 0 bridgehead atoms. The Morgan fingerprint density at radius 1 is 1.09 bits per heavy atom. The van der Waals surface area contributed by atoms with Gasteiger partial charge in [-0.3, -0.25) is 9.36 Å². The van der Waals surface area contributed by atoms with Gasteiger partial charge in [0.25, 0.3) is 0 Å². The number of amides is 1. The summed E-state index contributed by atoms with van der Waals surface area (Å²) in [5.41, 5.74) is 2.05. The van der Waals surface area contributed by atoms with Crippen molar-refractivity contribution in [3.63, 3.8) is 0 Å². The average Bonchev–Trinajstić information content (AvgIpc) is 3.50. The average molecular weight is 495 g/mol. The molecule has 0 spiro atoms. The molecule has 0 saturated carbocycles. The van der Waals surface area contributed by atoms with Crippen LogP contribution in [-0.4, -0.2) is 46.1 Å². The number of nitrogens with one attached hydrogen (secondary N) is 1. The lowest BCUT2D eigenvalue weighted by atomic mass is 10.2. The molecule has 1 amide bonds. The second-order valence-electron chi connectivity index (χ2n) is 6.93. The first-order valence-corrected chi connectivity index (χ1v) is 12.3. The Labute approximate surface area is 204 Å². The Hall–Kier alpha value is -3.63. The van der Waals surface area contributed by atoms with Crippen LogP contribution in [0.3, 0.4) is 0 Å². The summed E-state index contributed by atoms with van der Waals surface area (Å²) in [7, 11) is 1.61. The van der Waals surface area contributed by atoms with Crippen LogP contribution in [0.1, 0.15) is 17.3 Å². The van der Waals surface area contributed by atoms with Crippen LogP contribution >= 0.6 is 23.1 Å². The molecule has 0 atom stereocenters. The van der Waals surface area contributed by atoms with E-state index < -0.39 is 5.97 Å². The summed E-state index contributed by atoms with van der Waals surface area (Å²) in [5.74, 6) is 0.711. The van der Waals surface area contributed by atoms with Gasteiger partial charge in [-0.2, -0.15) is 0 Å². The zero-order valence-corrected chi connectivity index (χ0v) is 20.2. The molecule has 2 aromatic carbocycles. The minimum atomic E-state index is -0.460. The van der Waals surface area contributed by atoms with Crippen molar-refractivity contribution in [1.82, 2.24) is 14.8 Å². The smallest absolute Gasteiger partial charge is 0.341 e. The van der Waals surface area contributed by atoms with Crippen LogP contribution in [0, 0.1) is 0 Å². The van der Waals surface area contributed by atoms with Gasteiger partial charge >= 0.3 is 5.97 Å². The SMILES string of the molecule is CCOC(=O)c1ccsc1NC(=O)CSc1nnc(-c2cccc(OC)c2)n1-c1ccccc1. The molecule has 10 heteroatoms. The number of aromatic nitrogens is 3. The second kappa shape index (κ2) is 11.0. The maximum Gasteiger partial charge on any atom is 0.341 e. The van der Waals surface area contributed by atoms with E-state index in [-0.39, 0.29) is 18.3 Å². The Morgan fingerprint density at radius 2 is 1.91 bits per heavy atom. The van der Waals surface area contributed by atoms with Crippen LogP contribution in [0.15, 0.2) is 71.2 Å². The van der Waals surface area contributed by atoms with Crippen LogP contribution in [0.25, 0.3) is 17.1 Å². The number of hydrogen-bond donors (Lipinski definition) is 1. The number of carbonyl (C=O) groups excluding carboxylic acids is 2. The first-order chi connectivity index (χ1) is 16.6. The summed E-state index contributed by atoms with van der Waals surface area (Å²) in [4.78, 5) is 24.7. The number of carbonyl (C=O) groups is 2. The van der Waals surface area contributed by atoms with E-state index in [1.54, 1.807) is 25.5 Å². The van der Waals surface area contributed by atoms with Crippen LogP contribution < -0.4 is 10.1 Å². The van der Waals surface area contributed by atoms with Crippen molar-refractivity contribution < 1.29 is 19.1 Å². The standard InChI is InChI=1S/C24H22N4O4S2/c1-3-32-23(30)19-12-13-33-22(19)25-20(29)15-34-24-27-26-21(16-8-7-11-18(14-16)31-2)28(24)17-9-5-4-6-10-17/h4-14H,3,15H2,1-2H3,(H,25,29). The van der Waals surface area contributed by atoms with E-state index in [1.165, 1.54) is 23.1 Å². The van der Waals surface area contributed by atoms with Gasteiger partial charge in [0.2, 0.25) is 5.91 Å². The fraction of sp³-hybridized carbons (Fsp3) is 0.167. The van der Waals surface area contributed by atoms with E-state index in [0.717, 1.165) is 11.3 Å². The van der Waals surface area contributed by atoms with Crippen LogP contribution in [0.2, 0.25) is 0 Å². The molecule has 0 unspecified atom stereocenters. The van der Waals surface area contributed by atoms with Gasteiger partial charge < -0.3 is 14.8 Å². The van der Waals surface area contributed by atoms with Crippen molar-refractivity contribution in [1.29, 1.82) is 0 Å². The predicted octanol–water partition coefficient (Wildman–Crippen LogP) is 4.91. The third-order valence-corrected chi connectivity index (χ3v) is 6.48. The maximum atomic E-state index is 12.7. The zero-order valence-electron chi connectivity index (χ0n) is 18.6. The van der Waals surface area contributed by atoms with Gasteiger partial charge in [0.05, 0.1) is 25.0 Å².